The summed E-state index contributed by atoms with van der Waals surface area (Å²) >= 11 is 0. The molecule has 0 aromatic carbocycles. The lowest BCUT2D eigenvalue weighted by molar-refractivity contribution is 0.244. The highest BCUT2D eigenvalue weighted by Crippen LogP contribution is 2.30. The molecule has 0 fully saturated rings. The average molecular weight is 262 g/mol. The van der Waals surface area contributed by atoms with Gasteiger partial charge in [-0.2, -0.15) is 13.5 Å². The predicted molar refractivity (Wildman–Crippen MR) is 64.9 cm³/mol. The summed E-state index contributed by atoms with van der Waals surface area (Å²) in [7, 11) is -4.50. The third-order valence-electron chi connectivity index (χ3n) is 3.00. The molecule has 1 atom stereocenters. The van der Waals surface area contributed by atoms with Crippen LogP contribution in [0.25, 0.3) is 0 Å². The van der Waals surface area contributed by atoms with Crippen molar-refractivity contribution in [3.8, 4) is 0 Å². The van der Waals surface area contributed by atoms with Gasteiger partial charge in [-0.25, -0.2) is 0 Å². The molecular formula is C11H19FN2O2S. The maximum Gasteiger partial charge on any atom is 0.306 e. The van der Waals surface area contributed by atoms with Gasteiger partial charge in [0.15, 0.2) is 0 Å². The van der Waals surface area contributed by atoms with Gasteiger partial charge < -0.3 is 0 Å². The summed E-state index contributed by atoms with van der Waals surface area (Å²) in [4.78, 5) is 0. The van der Waals surface area contributed by atoms with Crippen molar-refractivity contribution in [2.75, 3.05) is 0 Å². The molecule has 98 valence electrons. The molecule has 0 radical (unpaired) electrons. The predicted octanol–water partition coefficient (Wildman–Crippen LogP) is 2.60. The molecule has 4 nitrogen and oxygen atoms in total. The topological polar surface area (TPSA) is 52.0 Å². The Hall–Kier alpha value is -0.910. The number of aromatic nitrogens is 2. The Morgan fingerprint density at radius 1 is 1.47 bits per heavy atom. The molecule has 0 spiro atoms. The van der Waals surface area contributed by atoms with Crippen LogP contribution in [0.1, 0.15) is 45.0 Å². The SMILES string of the molecule is Cc1nn(C(C)C(C)(C)C)cc1CS(=O)(=O)F. The fourth-order valence-corrected chi connectivity index (χ4v) is 2.10. The van der Waals surface area contributed by atoms with Crippen LogP contribution in [0.15, 0.2) is 6.20 Å². The first-order valence-corrected chi connectivity index (χ1v) is 7.03. The standard InChI is InChI=1S/C11H19FN2O2S/c1-8-10(7-17(12,15)16)6-14(13-8)9(2)11(3,4)5/h6,9H,7H2,1-5H3. The Kier molecular flexibility index (Phi) is 3.66. The quantitative estimate of drug-likeness (QED) is 0.787. The van der Waals surface area contributed by atoms with E-state index in [0.29, 0.717) is 11.3 Å². The number of hydrogen-bond donors (Lipinski definition) is 0. The van der Waals surface area contributed by atoms with Gasteiger partial charge in [0.25, 0.3) is 0 Å². The average Bonchev–Trinajstić information content (AvgIpc) is 2.42. The summed E-state index contributed by atoms with van der Waals surface area (Å²) in [6.45, 7) is 9.90. The molecule has 0 aliphatic heterocycles. The van der Waals surface area contributed by atoms with Crippen molar-refractivity contribution in [3.63, 3.8) is 0 Å². The van der Waals surface area contributed by atoms with E-state index in [4.69, 9.17) is 0 Å². The maximum absolute atomic E-state index is 12.6. The van der Waals surface area contributed by atoms with Gasteiger partial charge in [-0.15, -0.1) is 3.89 Å². The molecule has 6 heteroatoms. The van der Waals surface area contributed by atoms with Gasteiger partial charge in [-0.1, -0.05) is 20.8 Å². The van der Waals surface area contributed by atoms with Crippen molar-refractivity contribution in [1.29, 1.82) is 0 Å². The second-order valence-corrected chi connectivity index (χ2v) is 6.81. The van der Waals surface area contributed by atoms with Crippen molar-refractivity contribution >= 4 is 10.2 Å². The number of aryl methyl sites for hydroxylation is 1. The fourth-order valence-electron chi connectivity index (χ4n) is 1.44. The van der Waals surface area contributed by atoms with E-state index in [1.54, 1.807) is 17.8 Å². The van der Waals surface area contributed by atoms with Crippen molar-refractivity contribution in [3.05, 3.63) is 17.5 Å². The van der Waals surface area contributed by atoms with Gasteiger partial charge in [-0.05, 0) is 19.3 Å². The minimum atomic E-state index is -4.50. The van der Waals surface area contributed by atoms with Gasteiger partial charge in [0.2, 0.25) is 0 Å². The first-order chi connectivity index (χ1) is 7.50. The van der Waals surface area contributed by atoms with E-state index in [-0.39, 0.29) is 11.5 Å². The lowest BCUT2D eigenvalue weighted by atomic mass is 9.88. The van der Waals surface area contributed by atoms with E-state index in [0.717, 1.165) is 0 Å². The molecule has 1 aromatic rings. The molecule has 0 N–H and O–H groups in total. The largest absolute Gasteiger partial charge is 0.306 e. The summed E-state index contributed by atoms with van der Waals surface area (Å²) < 4.78 is 35.6. The van der Waals surface area contributed by atoms with Gasteiger partial charge in [0.05, 0.1) is 11.7 Å². The van der Waals surface area contributed by atoms with Gasteiger partial charge in [0.1, 0.15) is 5.75 Å². The Balaban J connectivity index is 3.04. The van der Waals surface area contributed by atoms with Crippen molar-refractivity contribution in [1.82, 2.24) is 9.78 Å². The van der Waals surface area contributed by atoms with Crippen LogP contribution < -0.4 is 0 Å². The monoisotopic (exact) mass is 262 g/mol. The molecular weight excluding hydrogens is 243 g/mol. The first kappa shape index (κ1) is 14.2. The molecule has 0 saturated carbocycles. The fraction of sp³-hybridized carbons (Fsp3) is 0.727. The number of halogens is 1. The Labute approximate surface area is 102 Å². The van der Waals surface area contributed by atoms with Gasteiger partial charge in [-0.3, -0.25) is 4.68 Å². The molecule has 1 heterocycles. The van der Waals surface area contributed by atoms with Crippen LogP contribution in [0.4, 0.5) is 3.89 Å². The minimum Gasteiger partial charge on any atom is -0.269 e. The molecule has 1 rings (SSSR count). The van der Waals surface area contributed by atoms with Crippen LogP contribution in [0.2, 0.25) is 0 Å². The van der Waals surface area contributed by atoms with Crippen LogP contribution >= 0.6 is 0 Å². The third kappa shape index (κ3) is 3.80. The summed E-state index contributed by atoms with van der Waals surface area (Å²) in [5.41, 5.74) is 0.982. The van der Waals surface area contributed by atoms with Crippen LogP contribution in [-0.4, -0.2) is 18.2 Å². The molecule has 0 amide bonds. The van der Waals surface area contributed by atoms with Crippen molar-refractivity contribution in [2.45, 2.75) is 46.4 Å². The van der Waals surface area contributed by atoms with Gasteiger partial charge >= 0.3 is 10.2 Å². The van der Waals surface area contributed by atoms with E-state index < -0.39 is 16.0 Å². The lowest BCUT2D eigenvalue weighted by Crippen LogP contribution is -2.22. The van der Waals surface area contributed by atoms with Crippen molar-refractivity contribution < 1.29 is 12.3 Å². The Morgan fingerprint density at radius 2 is 2.00 bits per heavy atom. The second kappa shape index (κ2) is 4.40. The van der Waals surface area contributed by atoms with Gasteiger partial charge in [0, 0.05) is 11.8 Å². The zero-order valence-electron chi connectivity index (χ0n) is 10.9. The van der Waals surface area contributed by atoms with E-state index in [2.05, 4.69) is 25.9 Å². The summed E-state index contributed by atoms with van der Waals surface area (Å²) in [5, 5.41) is 4.25. The minimum absolute atomic E-state index is 0.00429. The first-order valence-electron chi connectivity index (χ1n) is 5.47. The molecule has 0 saturated heterocycles. The zero-order valence-corrected chi connectivity index (χ0v) is 11.7. The highest BCUT2D eigenvalue weighted by Gasteiger charge is 2.24. The van der Waals surface area contributed by atoms with Crippen LogP contribution in [0, 0.1) is 12.3 Å². The number of nitrogens with zero attached hydrogens (tertiary/aromatic N) is 2. The summed E-state index contributed by atoms with van der Waals surface area (Å²) in [6.07, 6.45) is 1.61. The molecule has 17 heavy (non-hydrogen) atoms. The van der Waals surface area contributed by atoms with E-state index in [1.807, 2.05) is 6.92 Å². The summed E-state index contributed by atoms with van der Waals surface area (Å²) in [5.74, 6) is -0.601. The Bertz CT molecular complexity index is 500. The van der Waals surface area contributed by atoms with Crippen LogP contribution in [-0.2, 0) is 16.0 Å². The zero-order chi connectivity index (χ0) is 13.4. The van der Waals surface area contributed by atoms with Crippen molar-refractivity contribution in [2.24, 2.45) is 5.41 Å². The molecule has 0 bridgehead atoms. The summed E-state index contributed by atoms with van der Waals surface area (Å²) in [6, 6.07) is 0.109. The van der Waals surface area contributed by atoms with Crippen LogP contribution in [0.3, 0.4) is 0 Å². The number of rotatable bonds is 3. The second-order valence-electron chi connectivity index (χ2n) is 5.44. The van der Waals surface area contributed by atoms with E-state index >= 15 is 0 Å². The molecule has 1 unspecified atom stereocenters. The maximum atomic E-state index is 12.6. The lowest BCUT2D eigenvalue weighted by Gasteiger charge is -2.27. The normalized spacial score (nSPS) is 14.9. The third-order valence-corrected chi connectivity index (χ3v) is 3.65. The highest BCUT2D eigenvalue weighted by atomic mass is 32.3. The molecule has 1 aromatic heterocycles. The molecule has 0 aliphatic carbocycles. The van der Waals surface area contributed by atoms with E-state index in [1.165, 1.54) is 0 Å². The number of hydrogen-bond acceptors (Lipinski definition) is 3. The highest BCUT2D eigenvalue weighted by molar-refractivity contribution is 7.85. The Morgan fingerprint density at radius 3 is 2.41 bits per heavy atom. The van der Waals surface area contributed by atoms with E-state index in [9.17, 15) is 12.3 Å². The molecule has 0 aliphatic rings. The smallest absolute Gasteiger partial charge is 0.269 e. The van der Waals surface area contributed by atoms with Crippen LogP contribution in [0.5, 0.6) is 0 Å².